The lowest BCUT2D eigenvalue weighted by atomic mass is 10.0. The molecule has 2 aromatic heterocycles. The molecule has 0 N–H and O–H groups in total. The number of piperidine rings is 1. The maximum absolute atomic E-state index is 12.9. The highest BCUT2D eigenvalue weighted by Gasteiger charge is 2.29. The average molecular weight is 315 g/mol. The minimum atomic E-state index is -0.116. The van der Waals surface area contributed by atoms with Crippen molar-refractivity contribution in [2.75, 3.05) is 6.54 Å². The van der Waals surface area contributed by atoms with E-state index in [9.17, 15) is 4.79 Å². The molecule has 6 heteroatoms. The van der Waals surface area contributed by atoms with Crippen LogP contribution in [0.1, 0.15) is 50.4 Å². The number of carbonyl (C=O) groups excluding carboxylic acids is 1. The summed E-state index contributed by atoms with van der Waals surface area (Å²) < 4.78 is 3.77. The first-order valence-electron chi connectivity index (χ1n) is 8.29. The molecule has 1 fully saturated rings. The molecule has 1 saturated heterocycles. The van der Waals surface area contributed by atoms with Crippen LogP contribution < -0.4 is 0 Å². The normalized spacial score (nSPS) is 19.1. The van der Waals surface area contributed by atoms with Crippen LogP contribution in [0.15, 0.2) is 30.9 Å². The third kappa shape index (κ3) is 3.46. The molecular formula is C17H25N5O. The fraction of sp³-hybridized carbons (Fsp3) is 0.588. The maximum atomic E-state index is 12.9. The van der Waals surface area contributed by atoms with Crippen molar-refractivity contribution in [2.45, 2.75) is 58.2 Å². The van der Waals surface area contributed by atoms with Gasteiger partial charge in [0, 0.05) is 25.1 Å². The third-order valence-corrected chi connectivity index (χ3v) is 4.36. The van der Waals surface area contributed by atoms with Crippen molar-refractivity contribution in [1.29, 1.82) is 0 Å². The molecule has 124 valence electrons. The van der Waals surface area contributed by atoms with Gasteiger partial charge < -0.3 is 4.90 Å². The molecule has 3 heterocycles. The summed E-state index contributed by atoms with van der Waals surface area (Å²) in [7, 11) is 0. The Bertz CT molecular complexity index is 653. The first-order chi connectivity index (χ1) is 10.9. The Kier molecular flexibility index (Phi) is 4.24. The highest BCUT2D eigenvalue weighted by molar-refractivity contribution is 5.94. The quantitative estimate of drug-likeness (QED) is 0.874. The highest BCUT2D eigenvalue weighted by Crippen LogP contribution is 2.22. The molecule has 1 unspecified atom stereocenters. The Morgan fingerprint density at radius 1 is 1.30 bits per heavy atom. The van der Waals surface area contributed by atoms with Crippen LogP contribution in [-0.2, 0) is 12.1 Å². The summed E-state index contributed by atoms with van der Waals surface area (Å²) >= 11 is 0. The van der Waals surface area contributed by atoms with Gasteiger partial charge in [-0.15, -0.1) is 0 Å². The second-order valence-corrected chi connectivity index (χ2v) is 7.22. The van der Waals surface area contributed by atoms with Crippen LogP contribution in [0.4, 0.5) is 0 Å². The largest absolute Gasteiger partial charge is 0.334 e. The van der Waals surface area contributed by atoms with Gasteiger partial charge in [0.05, 0.1) is 29.9 Å². The molecule has 0 spiro atoms. The minimum absolute atomic E-state index is 0.0809. The van der Waals surface area contributed by atoms with Crippen LogP contribution in [0.25, 0.3) is 0 Å². The minimum Gasteiger partial charge on any atom is -0.334 e. The molecule has 23 heavy (non-hydrogen) atoms. The smallest absolute Gasteiger partial charge is 0.257 e. The van der Waals surface area contributed by atoms with E-state index in [-0.39, 0.29) is 17.5 Å². The van der Waals surface area contributed by atoms with Crippen molar-refractivity contribution in [3.63, 3.8) is 0 Å². The van der Waals surface area contributed by atoms with Crippen molar-refractivity contribution in [2.24, 2.45) is 0 Å². The lowest BCUT2D eigenvalue weighted by molar-refractivity contribution is 0.0583. The Labute approximate surface area is 137 Å². The number of aromatic nitrogens is 4. The summed E-state index contributed by atoms with van der Waals surface area (Å²) in [5, 5.41) is 8.63. The van der Waals surface area contributed by atoms with Crippen LogP contribution in [0, 0.1) is 0 Å². The summed E-state index contributed by atoms with van der Waals surface area (Å²) in [4.78, 5) is 14.9. The van der Waals surface area contributed by atoms with Crippen molar-refractivity contribution in [1.82, 2.24) is 24.5 Å². The van der Waals surface area contributed by atoms with Gasteiger partial charge in [-0.1, -0.05) is 0 Å². The van der Waals surface area contributed by atoms with Crippen LogP contribution in [0.5, 0.6) is 0 Å². The summed E-state index contributed by atoms with van der Waals surface area (Å²) in [5.74, 6) is 0.0809. The number of rotatable bonds is 3. The third-order valence-electron chi connectivity index (χ3n) is 4.36. The lowest BCUT2D eigenvalue weighted by Gasteiger charge is -2.35. The van der Waals surface area contributed by atoms with Crippen molar-refractivity contribution >= 4 is 5.91 Å². The van der Waals surface area contributed by atoms with E-state index in [1.165, 1.54) is 0 Å². The Balaban J connectivity index is 1.77. The van der Waals surface area contributed by atoms with Gasteiger partial charge in [-0.2, -0.15) is 10.2 Å². The van der Waals surface area contributed by atoms with E-state index in [2.05, 4.69) is 31.0 Å². The summed E-state index contributed by atoms with van der Waals surface area (Å²) in [6.07, 6.45) is 10.5. The molecule has 0 saturated carbocycles. The molecule has 0 aromatic carbocycles. The molecule has 0 bridgehead atoms. The van der Waals surface area contributed by atoms with Crippen molar-refractivity contribution in [3.8, 4) is 0 Å². The topological polar surface area (TPSA) is 56.0 Å². The number of likely N-dealkylation sites (tertiary alicyclic amines) is 1. The first kappa shape index (κ1) is 15.8. The van der Waals surface area contributed by atoms with Gasteiger partial charge >= 0.3 is 0 Å². The SMILES string of the molecule is CC(C)(C)n1cc(C(=O)N2CCCCC2Cn2cccn2)cn1. The second-order valence-electron chi connectivity index (χ2n) is 7.22. The predicted octanol–water partition coefficient (Wildman–Crippen LogP) is 2.53. The van der Waals surface area contributed by atoms with E-state index >= 15 is 0 Å². The van der Waals surface area contributed by atoms with Crippen LogP contribution in [0.2, 0.25) is 0 Å². The van der Waals surface area contributed by atoms with E-state index in [4.69, 9.17) is 0 Å². The Morgan fingerprint density at radius 2 is 2.13 bits per heavy atom. The van der Waals surface area contributed by atoms with Gasteiger partial charge in [0.25, 0.3) is 5.91 Å². The highest BCUT2D eigenvalue weighted by atomic mass is 16.2. The van der Waals surface area contributed by atoms with Gasteiger partial charge in [-0.25, -0.2) is 0 Å². The molecule has 1 atom stereocenters. The molecule has 2 aromatic rings. The molecule has 0 aliphatic carbocycles. The molecule has 3 rings (SSSR count). The van der Waals surface area contributed by atoms with Gasteiger partial charge in [-0.05, 0) is 46.1 Å². The van der Waals surface area contributed by atoms with E-state index in [1.54, 1.807) is 12.4 Å². The molecule has 6 nitrogen and oxygen atoms in total. The number of carbonyl (C=O) groups is 1. The first-order valence-corrected chi connectivity index (χ1v) is 8.29. The summed E-state index contributed by atoms with van der Waals surface area (Å²) in [5.41, 5.74) is 0.557. The van der Waals surface area contributed by atoms with Crippen molar-refractivity contribution in [3.05, 3.63) is 36.4 Å². The molecular weight excluding hydrogens is 290 g/mol. The van der Waals surface area contributed by atoms with Gasteiger partial charge in [0.1, 0.15) is 0 Å². The number of hydrogen-bond donors (Lipinski definition) is 0. The molecule has 1 amide bonds. The van der Waals surface area contributed by atoms with E-state index < -0.39 is 0 Å². The Hall–Kier alpha value is -2.11. The monoisotopic (exact) mass is 315 g/mol. The van der Waals surface area contributed by atoms with Crippen LogP contribution >= 0.6 is 0 Å². The standard InChI is InChI=1S/C17H25N5O/c1-17(2,3)22-12-14(11-19-22)16(23)21-10-5-4-7-15(21)13-20-9-6-8-18-20/h6,8-9,11-12,15H,4-5,7,10,13H2,1-3H3. The molecule has 1 aliphatic heterocycles. The molecule has 0 radical (unpaired) electrons. The van der Waals surface area contributed by atoms with E-state index in [0.717, 1.165) is 32.4 Å². The number of hydrogen-bond acceptors (Lipinski definition) is 3. The van der Waals surface area contributed by atoms with E-state index in [0.29, 0.717) is 5.56 Å². The second kappa shape index (κ2) is 6.18. The fourth-order valence-corrected chi connectivity index (χ4v) is 3.05. The number of amides is 1. The molecule has 1 aliphatic rings. The summed E-state index contributed by atoms with van der Waals surface area (Å²) in [6, 6.07) is 2.12. The van der Waals surface area contributed by atoms with Crippen LogP contribution in [-0.4, -0.2) is 43.0 Å². The van der Waals surface area contributed by atoms with Gasteiger partial charge in [0.15, 0.2) is 0 Å². The van der Waals surface area contributed by atoms with Gasteiger partial charge in [0.2, 0.25) is 0 Å². The fourth-order valence-electron chi connectivity index (χ4n) is 3.05. The van der Waals surface area contributed by atoms with Gasteiger partial charge in [-0.3, -0.25) is 14.2 Å². The van der Waals surface area contributed by atoms with Crippen LogP contribution in [0.3, 0.4) is 0 Å². The zero-order chi connectivity index (χ0) is 16.4. The maximum Gasteiger partial charge on any atom is 0.257 e. The van der Waals surface area contributed by atoms with E-state index in [1.807, 2.05) is 32.7 Å². The number of nitrogens with zero attached hydrogens (tertiary/aromatic N) is 5. The zero-order valence-electron chi connectivity index (χ0n) is 14.1. The van der Waals surface area contributed by atoms with Crippen molar-refractivity contribution < 1.29 is 4.79 Å². The zero-order valence-corrected chi connectivity index (χ0v) is 14.1. The lowest BCUT2D eigenvalue weighted by Crippen LogP contribution is -2.45. The Morgan fingerprint density at radius 3 is 2.78 bits per heavy atom. The summed E-state index contributed by atoms with van der Waals surface area (Å²) in [6.45, 7) is 7.80. The average Bonchev–Trinajstić information content (AvgIpc) is 3.18. The predicted molar refractivity (Wildman–Crippen MR) is 88.1 cm³/mol.